The number of rotatable bonds is 3. The number of anilines is 2. The fraction of sp³-hybridized carbons (Fsp3) is 0.714. The Kier molecular flexibility index (Phi) is 4.58. The third-order valence-electron chi connectivity index (χ3n) is 4.01. The maximum absolute atomic E-state index is 13.0. The summed E-state index contributed by atoms with van der Waals surface area (Å²) in [6.45, 7) is 7.16. The summed E-state index contributed by atoms with van der Waals surface area (Å²) in [6, 6.07) is 1.22. The molecule has 1 aromatic rings. The van der Waals surface area contributed by atoms with Crippen molar-refractivity contribution in [3.05, 3.63) is 11.8 Å². The fourth-order valence-electron chi connectivity index (χ4n) is 2.62. The van der Waals surface area contributed by atoms with Crippen LogP contribution in [-0.4, -0.2) is 29.1 Å². The van der Waals surface area contributed by atoms with Gasteiger partial charge >= 0.3 is 6.18 Å². The SMILES string of the molecule is CCNc1nc(N2CCCC(C)C2C)cc(C(F)(F)F)n1. The highest BCUT2D eigenvalue weighted by Gasteiger charge is 2.35. The van der Waals surface area contributed by atoms with E-state index >= 15 is 0 Å². The van der Waals surface area contributed by atoms with Gasteiger partial charge in [0.25, 0.3) is 0 Å². The Hall–Kier alpha value is -1.53. The van der Waals surface area contributed by atoms with Crippen LogP contribution in [0.25, 0.3) is 0 Å². The highest BCUT2D eigenvalue weighted by molar-refractivity contribution is 5.47. The van der Waals surface area contributed by atoms with Crippen molar-refractivity contribution in [3.63, 3.8) is 0 Å². The van der Waals surface area contributed by atoms with E-state index in [9.17, 15) is 13.2 Å². The molecule has 0 aromatic carbocycles. The number of halogens is 3. The topological polar surface area (TPSA) is 41.1 Å². The zero-order valence-electron chi connectivity index (χ0n) is 12.5. The molecule has 2 heterocycles. The second-order valence-electron chi connectivity index (χ2n) is 5.52. The number of hydrogen-bond donors (Lipinski definition) is 1. The van der Waals surface area contributed by atoms with Crippen molar-refractivity contribution in [3.8, 4) is 0 Å². The molecule has 1 aliphatic rings. The quantitative estimate of drug-likeness (QED) is 0.927. The van der Waals surface area contributed by atoms with Crippen molar-refractivity contribution < 1.29 is 13.2 Å². The van der Waals surface area contributed by atoms with Crippen LogP contribution in [-0.2, 0) is 6.18 Å². The first-order chi connectivity index (χ1) is 9.82. The van der Waals surface area contributed by atoms with E-state index in [4.69, 9.17) is 0 Å². The lowest BCUT2D eigenvalue weighted by Crippen LogP contribution is -2.43. The Bertz CT molecular complexity index is 490. The maximum atomic E-state index is 13.0. The summed E-state index contributed by atoms with van der Waals surface area (Å²) in [5.41, 5.74) is -0.895. The Morgan fingerprint density at radius 2 is 2.05 bits per heavy atom. The lowest BCUT2D eigenvalue weighted by molar-refractivity contribution is -0.141. The third kappa shape index (κ3) is 3.57. The summed E-state index contributed by atoms with van der Waals surface area (Å²) in [5.74, 6) is 0.825. The summed E-state index contributed by atoms with van der Waals surface area (Å²) >= 11 is 0. The first kappa shape index (κ1) is 15.9. The van der Waals surface area contributed by atoms with Gasteiger partial charge in [-0.25, -0.2) is 4.98 Å². The molecule has 0 saturated carbocycles. The van der Waals surface area contributed by atoms with Crippen molar-refractivity contribution in [2.45, 2.75) is 45.8 Å². The second kappa shape index (κ2) is 6.07. The van der Waals surface area contributed by atoms with Gasteiger partial charge in [-0.1, -0.05) is 6.92 Å². The van der Waals surface area contributed by atoms with Gasteiger partial charge in [0.1, 0.15) is 5.82 Å². The van der Waals surface area contributed by atoms with E-state index in [2.05, 4.69) is 22.2 Å². The zero-order valence-corrected chi connectivity index (χ0v) is 12.5. The average Bonchev–Trinajstić information content (AvgIpc) is 2.41. The van der Waals surface area contributed by atoms with Gasteiger partial charge in [-0.2, -0.15) is 18.2 Å². The standard InChI is InChI=1S/C14H21F3N4/c1-4-18-13-19-11(14(15,16)17)8-12(20-13)21-7-5-6-9(2)10(21)3/h8-10H,4-7H2,1-3H3,(H,18,19,20). The molecule has 118 valence electrons. The molecule has 1 aliphatic heterocycles. The van der Waals surface area contributed by atoms with Crippen molar-refractivity contribution >= 4 is 11.8 Å². The van der Waals surface area contributed by atoms with Crippen molar-refractivity contribution in [2.75, 3.05) is 23.3 Å². The van der Waals surface area contributed by atoms with Gasteiger partial charge < -0.3 is 10.2 Å². The lowest BCUT2D eigenvalue weighted by atomic mass is 9.92. The molecule has 0 spiro atoms. The van der Waals surface area contributed by atoms with Gasteiger partial charge in [0.2, 0.25) is 5.95 Å². The molecule has 0 aliphatic carbocycles. The Morgan fingerprint density at radius 1 is 1.33 bits per heavy atom. The number of hydrogen-bond acceptors (Lipinski definition) is 4. The second-order valence-corrected chi connectivity index (χ2v) is 5.52. The lowest BCUT2D eigenvalue weighted by Gasteiger charge is -2.39. The molecule has 1 saturated heterocycles. The predicted molar refractivity (Wildman–Crippen MR) is 76.4 cm³/mol. The molecule has 7 heteroatoms. The van der Waals surface area contributed by atoms with Crippen LogP contribution in [0.4, 0.5) is 24.9 Å². The van der Waals surface area contributed by atoms with E-state index in [0.717, 1.165) is 25.5 Å². The Morgan fingerprint density at radius 3 is 2.67 bits per heavy atom. The molecule has 4 nitrogen and oxygen atoms in total. The molecule has 2 rings (SSSR count). The number of piperidine rings is 1. The highest BCUT2D eigenvalue weighted by Crippen LogP contribution is 2.33. The van der Waals surface area contributed by atoms with Crippen LogP contribution in [0.5, 0.6) is 0 Å². The van der Waals surface area contributed by atoms with Crippen LogP contribution < -0.4 is 10.2 Å². The number of nitrogens with one attached hydrogen (secondary N) is 1. The first-order valence-corrected chi connectivity index (χ1v) is 7.29. The summed E-state index contributed by atoms with van der Waals surface area (Å²) in [4.78, 5) is 9.76. The smallest absolute Gasteiger partial charge is 0.354 e. The van der Waals surface area contributed by atoms with Crippen LogP contribution >= 0.6 is 0 Å². The molecule has 1 aromatic heterocycles. The van der Waals surface area contributed by atoms with Gasteiger partial charge in [0, 0.05) is 25.2 Å². The van der Waals surface area contributed by atoms with Crippen LogP contribution in [0.15, 0.2) is 6.07 Å². The average molecular weight is 302 g/mol. The van der Waals surface area contributed by atoms with E-state index in [-0.39, 0.29) is 12.0 Å². The summed E-state index contributed by atoms with van der Waals surface area (Å²) in [7, 11) is 0. The molecule has 0 amide bonds. The first-order valence-electron chi connectivity index (χ1n) is 7.29. The Labute approximate surface area is 122 Å². The van der Waals surface area contributed by atoms with Gasteiger partial charge in [-0.15, -0.1) is 0 Å². The minimum Gasteiger partial charge on any atom is -0.354 e. The maximum Gasteiger partial charge on any atom is 0.433 e. The molecular formula is C14H21F3N4. The molecule has 21 heavy (non-hydrogen) atoms. The molecule has 1 fully saturated rings. The Balaban J connectivity index is 2.39. The molecule has 2 atom stereocenters. The van der Waals surface area contributed by atoms with Crippen molar-refractivity contribution in [1.29, 1.82) is 0 Å². The van der Waals surface area contributed by atoms with E-state index in [1.54, 1.807) is 6.92 Å². The van der Waals surface area contributed by atoms with Gasteiger partial charge in [0.15, 0.2) is 5.69 Å². The zero-order chi connectivity index (χ0) is 15.6. The fourth-order valence-corrected chi connectivity index (χ4v) is 2.62. The highest BCUT2D eigenvalue weighted by atomic mass is 19.4. The minimum atomic E-state index is -4.47. The normalized spacial score (nSPS) is 23.2. The van der Waals surface area contributed by atoms with Crippen LogP contribution in [0.3, 0.4) is 0 Å². The van der Waals surface area contributed by atoms with Crippen LogP contribution in [0.1, 0.15) is 39.3 Å². The summed E-state index contributed by atoms with van der Waals surface area (Å²) in [6.07, 6.45) is -2.41. The summed E-state index contributed by atoms with van der Waals surface area (Å²) < 4.78 is 39.0. The van der Waals surface area contributed by atoms with E-state index < -0.39 is 11.9 Å². The van der Waals surface area contributed by atoms with Crippen molar-refractivity contribution in [2.24, 2.45) is 5.92 Å². The monoisotopic (exact) mass is 302 g/mol. The van der Waals surface area contributed by atoms with Gasteiger partial charge in [-0.3, -0.25) is 0 Å². The van der Waals surface area contributed by atoms with Crippen molar-refractivity contribution in [1.82, 2.24) is 9.97 Å². The number of alkyl halides is 3. The number of nitrogens with zero attached hydrogens (tertiary/aromatic N) is 3. The van der Waals surface area contributed by atoms with E-state index in [1.807, 2.05) is 11.8 Å². The van der Waals surface area contributed by atoms with E-state index in [1.165, 1.54) is 0 Å². The molecule has 0 radical (unpaired) electrons. The van der Waals surface area contributed by atoms with Gasteiger partial charge in [0.05, 0.1) is 0 Å². The summed E-state index contributed by atoms with van der Waals surface area (Å²) in [5, 5.41) is 2.78. The largest absolute Gasteiger partial charge is 0.433 e. The number of aromatic nitrogens is 2. The van der Waals surface area contributed by atoms with E-state index in [0.29, 0.717) is 18.3 Å². The predicted octanol–water partition coefficient (Wildman–Crippen LogP) is 3.55. The van der Waals surface area contributed by atoms with Gasteiger partial charge in [-0.05, 0) is 32.6 Å². The molecule has 1 N–H and O–H groups in total. The third-order valence-corrected chi connectivity index (χ3v) is 4.01. The molecular weight excluding hydrogens is 281 g/mol. The molecule has 2 unspecified atom stereocenters. The van der Waals surface area contributed by atoms with Crippen LogP contribution in [0, 0.1) is 5.92 Å². The molecule has 0 bridgehead atoms. The minimum absolute atomic E-state index is 0.0350. The van der Waals surface area contributed by atoms with Crippen LogP contribution in [0.2, 0.25) is 0 Å².